The molecule has 4 heteroatoms. The highest BCUT2D eigenvalue weighted by atomic mass is 35.5. The molecule has 2 aromatic heterocycles. The fourth-order valence-electron chi connectivity index (χ4n) is 0.744. The molecule has 3 nitrogen and oxygen atoms in total. The number of halogens is 1. The molecule has 2 rings (SSSR count). The first kappa shape index (κ1) is 5.68. The van der Waals surface area contributed by atoms with E-state index in [1.807, 2.05) is 0 Å². The minimum atomic E-state index is 0.518. The van der Waals surface area contributed by atoms with Gasteiger partial charge in [0, 0.05) is 6.20 Å². The number of nitrogens with zero attached hydrogens (tertiary/aromatic N) is 2. The average Bonchev–Trinajstić information content (AvgIpc) is 2.33. The Balaban J connectivity index is 2.86. The lowest BCUT2D eigenvalue weighted by atomic mass is 10.4. The van der Waals surface area contributed by atoms with Crippen LogP contribution >= 0.6 is 11.6 Å². The third-order valence-corrected chi connectivity index (χ3v) is 1.38. The summed E-state index contributed by atoms with van der Waals surface area (Å²) in [6, 6.07) is 1.75. The summed E-state index contributed by atoms with van der Waals surface area (Å²) in [5.41, 5.74) is 0.518. The quantitative estimate of drug-likeness (QED) is 0.582. The van der Waals surface area contributed by atoms with Gasteiger partial charge < -0.3 is 4.52 Å². The average molecular weight is 155 g/mol. The van der Waals surface area contributed by atoms with Gasteiger partial charge in [-0.2, -0.15) is 0 Å². The summed E-state index contributed by atoms with van der Waals surface area (Å²) in [6.45, 7) is 0. The lowest BCUT2D eigenvalue weighted by Gasteiger charge is -1.84. The maximum Gasteiger partial charge on any atom is 0.257 e. The molecule has 0 aromatic carbocycles. The first-order valence-corrected chi connectivity index (χ1v) is 3.10. The molecular weight excluding hydrogens is 152 g/mol. The molecule has 0 spiro atoms. The molecule has 0 unspecified atom stereocenters. The Bertz CT molecular complexity index is 357. The van der Waals surface area contributed by atoms with Crippen molar-refractivity contribution in [3.8, 4) is 0 Å². The van der Waals surface area contributed by atoms with Crippen LogP contribution in [0.2, 0.25) is 5.02 Å². The summed E-state index contributed by atoms with van der Waals surface area (Å²) in [4.78, 5) is 3.88. The second kappa shape index (κ2) is 1.95. The third kappa shape index (κ3) is 0.752. The third-order valence-electron chi connectivity index (χ3n) is 1.18. The Morgan fingerprint density at radius 3 is 3.20 bits per heavy atom. The number of fused-ring (bicyclic) bond motifs is 1. The minimum absolute atomic E-state index is 0.518. The molecule has 0 aliphatic rings. The normalized spacial score (nSPS) is 10.5. The van der Waals surface area contributed by atoms with Crippen LogP contribution in [0.25, 0.3) is 11.1 Å². The van der Waals surface area contributed by atoms with Crippen molar-refractivity contribution >= 4 is 22.7 Å². The molecule has 0 N–H and O–H groups in total. The standard InChI is InChI=1S/C6H3ClN2O/c7-5-1-4-2-9-10-6(4)8-3-5/h1-3H. The maximum absolute atomic E-state index is 5.64. The van der Waals surface area contributed by atoms with Gasteiger partial charge >= 0.3 is 0 Å². The van der Waals surface area contributed by atoms with E-state index in [9.17, 15) is 0 Å². The largest absolute Gasteiger partial charge is 0.336 e. The number of pyridine rings is 1. The number of hydrogen-bond acceptors (Lipinski definition) is 3. The van der Waals surface area contributed by atoms with Crippen molar-refractivity contribution < 1.29 is 4.52 Å². The summed E-state index contributed by atoms with van der Waals surface area (Å²) in [5, 5.41) is 4.97. The van der Waals surface area contributed by atoms with E-state index in [1.165, 1.54) is 6.20 Å². The second-order valence-corrected chi connectivity index (χ2v) is 2.31. The highest BCUT2D eigenvalue weighted by Crippen LogP contribution is 2.14. The summed E-state index contributed by atoms with van der Waals surface area (Å²) in [6.07, 6.45) is 3.10. The van der Waals surface area contributed by atoms with Crippen LogP contribution in [0.4, 0.5) is 0 Å². The summed E-state index contributed by atoms with van der Waals surface area (Å²) >= 11 is 5.64. The molecule has 0 fully saturated rings. The van der Waals surface area contributed by atoms with E-state index < -0.39 is 0 Å². The van der Waals surface area contributed by atoms with Crippen LogP contribution in [-0.4, -0.2) is 10.1 Å². The molecule has 0 bridgehead atoms. The molecule has 0 atom stereocenters. The number of hydrogen-bond donors (Lipinski definition) is 0. The van der Waals surface area contributed by atoms with Gasteiger partial charge in [0.25, 0.3) is 5.71 Å². The van der Waals surface area contributed by atoms with Gasteiger partial charge in [-0.1, -0.05) is 16.8 Å². The van der Waals surface area contributed by atoms with Gasteiger partial charge in [0.15, 0.2) is 0 Å². The Morgan fingerprint density at radius 1 is 1.40 bits per heavy atom. The Labute approximate surface area is 61.6 Å². The van der Waals surface area contributed by atoms with Gasteiger partial charge in [-0.05, 0) is 6.07 Å². The summed E-state index contributed by atoms with van der Waals surface area (Å²) in [7, 11) is 0. The van der Waals surface area contributed by atoms with E-state index in [1.54, 1.807) is 12.3 Å². The Hall–Kier alpha value is -1.09. The molecule has 2 aromatic rings. The monoisotopic (exact) mass is 154 g/mol. The van der Waals surface area contributed by atoms with Crippen molar-refractivity contribution in [2.24, 2.45) is 0 Å². The van der Waals surface area contributed by atoms with E-state index >= 15 is 0 Å². The first-order valence-electron chi connectivity index (χ1n) is 2.72. The molecule has 0 aliphatic carbocycles. The highest BCUT2D eigenvalue weighted by Gasteiger charge is 1.97. The van der Waals surface area contributed by atoms with E-state index in [0.717, 1.165) is 5.39 Å². The number of rotatable bonds is 0. The lowest BCUT2D eigenvalue weighted by Crippen LogP contribution is -1.70. The van der Waals surface area contributed by atoms with E-state index in [2.05, 4.69) is 10.1 Å². The topological polar surface area (TPSA) is 38.9 Å². The van der Waals surface area contributed by atoms with Gasteiger partial charge in [-0.3, -0.25) is 0 Å². The molecule has 0 saturated heterocycles. The highest BCUT2D eigenvalue weighted by molar-refractivity contribution is 6.31. The van der Waals surface area contributed by atoms with Crippen LogP contribution in [0.1, 0.15) is 0 Å². The van der Waals surface area contributed by atoms with E-state index in [4.69, 9.17) is 16.1 Å². The molecule has 0 aliphatic heterocycles. The van der Waals surface area contributed by atoms with Gasteiger partial charge in [0.05, 0.1) is 16.6 Å². The summed E-state index contributed by atoms with van der Waals surface area (Å²) < 4.78 is 4.75. The van der Waals surface area contributed by atoms with Crippen molar-refractivity contribution in [1.29, 1.82) is 0 Å². The zero-order valence-corrected chi connectivity index (χ0v) is 5.67. The first-order chi connectivity index (χ1) is 4.86. The van der Waals surface area contributed by atoms with Crippen molar-refractivity contribution in [2.75, 3.05) is 0 Å². The van der Waals surface area contributed by atoms with Gasteiger partial charge in [-0.15, -0.1) is 0 Å². The molecule has 10 heavy (non-hydrogen) atoms. The van der Waals surface area contributed by atoms with Gasteiger partial charge in [0.2, 0.25) is 0 Å². The van der Waals surface area contributed by atoms with Crippen LogP contribution < -0.4 is 0 Å². The van der Waals surface area contributed by atoms with E-state index in [-0.39, 0.29) is 0 Å². The van der Waals surface area contributed by atoms with Gasteiger partial charge in [-0.25, -0.2) is 4.98 Å². The second-order valence-electron chi connectivity index (χ2n) is 1.87. The smallest absolute Gasteiger partial charge is 0.257 e. The van der Waals surface area contributed by atoms with Crippen molar-refractivity contribution in [3.63, 3.8) is 0 Å². The van der Waals surface area contributed by atoms with Crippen LogP contribution in [0.5, 0.6) is 0 Å². The molecule has 0 saturated carbocycles. The molecule has 0 amide bonds. The fourth-order valence-corrected chi connectivity index (χ4v) is 0.911. The maximum atomic E-state index is 5.64. The van der Waals surface area contributed by atoms with Crippen LogP contribution in [0.3, 0.4) is 0 Å². The van der Waals surface area contributed by atoms with Gasteiger partial charge in [0.1, 0.15) is 0 Å². The molecule has 2 heterocycles. The molecule has 0 radical (unpaired) electrons. The predicted molar refractivity (Wildman–Crippen MR) is 36.8 cm³/mol. The zero-order chi connectivity index (χ0) is 6.97. The van der Waals surface area contributed by atoms with Crippen molar-refractivity contribution in [2.45, 2.75) is 0 Å². The van der Waals surface area contributed by atoms with E-state index in [0.29, 0.717) is 10.7 Å². The SMILES string of the molecule is Clc1cnc2oncc2c1. The minimum Gasteiger partial charge on any atom is -0.336 e. The lowest BCUT2D eigenvalue weighted by molar-refractivity contribution is 0.448. The number of aromatic nitrogens is 2. The van der Waals surface area contributed by atoms with Crippen LogP contribution in [-0.2, 0) is 0 Å². The zero-order valence-electron chi connectivity index (χ0n) is 4.91. The summed E-state index contributed by atoms with van der Waals surface area (Å²) in [5.74, 6) is 0. The van der Waals surface area contributed by atoms with Crippen molar-refractivity contribution in [3.05, 3.63) is 23.5 Å². The molecule has 50 valence electrons. The van der Waals surface area contributed by atoms with Crippen molar-refractivity contribution in [1.82, 2.24) is 10.1 Å². The van der Waals surface area contributed by atoms with Crippen LogP contribution in [0.15, 0.2) is 23.0 Å². The molecular formula is C6H3ClN2O. The fraction of sp³-hybridized carbons (Fsp3) is 0. The van der Waals surface area contributed by atoms with Crippen LogP contribution in [0, 0.1) is 0 Å². The Kier molecular flexibility index (Phi) is 1.11. The predicted octanol–water partition coefficient (Wildman–Crippen LogP) is 1.88. The Morgan fingerprint density at radius 2 is 2.30 bits per heavy atom.